The Labute approximate surface area is 104 Å². The average Bonchev–Trinajstić information content (AvgIpc) is 2.36. The average molecular weight is 249 g/mol. The summed E-state index contributed by atoms with van der Waals surface area (Å²) in [4.78, 5) is 11.1. The second kappa shape index (κ2) is 5.11. The first-order valence-corrected chi connectivity index (χ1v) is 5.55. The number of benzene rings is 2. The third kappa shape index (κ3) is 2.53. The van der Waals surface area contributed by atoms with Gasteiger partial charge in [-0.15, -0.1) is 0 Å². The fourth-order valence-electron chi connectivity index (χ4n) is 1.72. The molecule has 0 heterocycles. The van der Waals surface area contributed by atoms with Crippen LogP contribution < -0.4 is 0 Å². The molecule has 1 atom stereocenters. The molecular weight excluding hydrogens is 239 g/mol. The van der Waals surface area contributed by atoms with Gasteiger partial charge in [-0.25, -0.2) is 4.39 Å². The molecule has 2 aromatic rings. The molecule has 0 spiro atoms. The van der Waals surface area contributed by atoms with Crippen LogP contribution in [0.25, 0.3) is 0 Å². The molecule has 17 heavy (non-hydrogen) atoms. The maximum Gasteiger partial charge on any atom is 0.142 e. The minimum Gasteiger partial charge on any atom is -0.302 e. The summed E-state index contributed by atoms with van der Waals surface area (Å²) in [6.07, 6.45) is 0.804. The van der Waals surface area contributed by atoms with Crippen molar-refractivity contribution in [2.45, 2.75) is 5.92 Å². The van der Waals surface area contributed by atoms with Crippen LogP contribution >= 0.6 is 11.6 Å². The van der Waals surface area contributed by atoms with Gasteiger partial charge in [0.05, 0.1) is 10.9 Å². The maximum atomic E-state index is 13.3. The monoisotopic (exact) mass is 248 g/mol. The highest BCUT2D eigenvalue weighted by Gasteiger charge is 2.14. The molecule has 0 aliphatic carbocycles. The van der Waals surface area contributed by atoms with Crippen LogP contribution in [-0.2, 0) is 4.79 Å². The van der Waals surface area contributed by atoms with E-state index in [0.717, 1.165) is 11.8 Å². The molecule has 0 fully saturated rings. The van der Waals surface area contributed by atoms with Crippen LogP contribution in [-0.4, -0.2) is 6.29 Å². The lowest BCUT2D eigenvalue weighted by molar-refractivity contribution is -0.108. The highest BCUT2D eigenvalue weighted by Crippen LogP contribution is 2.25. The maximum absolute atomic E-state index is 13.3. The van der Waals surface area contributed by atoms with E-state index in [2.05, 4.69) is 0 Å². The van der Waals surface area contributed by atoms with Crippen LogP contribution in [0.3, 0.4) is 0 Å². The van der Waals surface area contributed by atoms with Crippen molar-refractivity contribution in [1.29, 1.82) is 0 Å². The van der Waals surface area contributed by atoms with Gasteiger partial charge in [0.1, 0.15) is 12.1 Å². The Morgan fingerprint density at radius 3 is 2.35 bits per heavy atom. The van der Waals surface area contributed by atoms with E-state index in [1.165, 1.54) is 12.1 Å². The number of hydrogen-bond donors (Lipinski definition) is 0. The van der Waals surface area contributed by atoms with Gasteiger partial charge < -0.3 is 4.79 Å². The minimum atomic E-state index is -0.507. The molecule has 1 nitrogen and oxygen atoms in total. The first-order valence-electron chi connectivity index (χ1n) is 5.17. The lowest BCUT2D eigenvalue weighted by Gasteiger charge is -2.11. The van der Waals surface area contributed by atoms with Crippen LogP contribution in [0.1, 0.15) is 17.0 Å². The molecule has 0 aliphatic heterocycles. The summed E-state index contributed by atoms with van der Waals surface area (Å²) in [7, 11) is 0. The van der Waals surface area contributed by atoms with Crippen molar-refractivity contribution in [3.63, 3.8) is 0 Å². The molecule has 0 radical (unpaired) electrons. The van der Waals surface area contributed by atoms with Gasteiger partial charge in [-0.1, -0.05) is 48.0 Å². The Morgan fingerprint density at radius 1 is 1.06 bits per heavy atom. The van der Waals surface area contributed by atoms with Crippen molar-refractivity contribution in [3.8, 4) is 0 Å². The Morgan fingerprint density at radius 2 is 1.76 bits per heavy atom. The molecule has 0 saturated carbocycles. The van der Waals surface area contributed by atoms with Crippen molar-refractivity contribution in [3.05, 3.63) is 70.5 Å². The predicted octanol–water partition coefficient (Wildman–Crippen LogP) is 3.81. The van der Waals surface area contributed by atoms with E-state index in [9.17, 15) is 9.18 Å². The van der Waals surface area contributed by atoms with Gasteiger partial charge in [0, 0.05) is 0 Å². The second-order valence-electron chi connectivity index (χ2n) is 3.70. The Balaban J connectivity index is 2.42. The summed E-state index contributed by atoms with van der Waals surface area (Å²) in [5.74, 6) is -0.963. The Bertz CT molecular complexity index is 525. The number of carbonyl (C=O) groups excluding carboxylic acids is 1. The Kier molecular flexibility index (Phi) is 3.55. The lowest BCUT2D eigenvalue weighted by Crippen LogP contribution is -2.02. The van der Waals surface area contributed by atoms with Crippen molar-refractivity contribution in [2.24, 2.45) is 0 Å². The second-order valence-corrected chi connectivity index (χ2v) is 4.11. The highest BCUT2D eigenvalue weighted by atomic mass is 35.5. The molecule has 86 valence electrons. The molecule has 3 heteroatoms. The van der Waals surface area contributed by atoms with Crippen molar-refractivity contribution in [2.75, 3.05) is 0 Å². The molecule has 2 rings (SSSR count). The van der Waals surface area contributed by atoms with Gasteiger partial charge in [-0.05, 0) is 23.3 Å². The van der Waals surface area contributed by atoms with Crippen molar-refractivity contribution >= 4 is 17.9 Å². The molecule has 0 amide bonds. The van der Waals surface area contributed by atoms with Gasteiger partial charge in [0.25, 0.3) is 0 Å². The van der Waals surface area contributed by atoms with Gasteiger partial charge in [0.15, 0.2) is 0 Å². The van der Waals surface area contributed by atoms with Crippen LogP contribution in [0.15, 0.2) is 48.5 Å². The Hall–Kier alpha value is -1.67. The smallest absolute Gasteiger partial charge is 0.142 e. The molecule has 0 N–H and O–H groups in total. The summed E-state index contributed by atoms with van der Waals surface area (Å²) in [5.41, 5.74) is 1.44. The zero-order valence-corrected chi connectivity index (χ0v) is 9.69. The van der Waals surface area contributed by atoms with E-state index in [1.807, 2.05) is 30.3 Å². The molecule has 2 aromatic carbocycles. The summed E-state index contributed by atoms with van der Waals surface area (Å²) >= 11 is 5.61. The van der Waals surface area contributed by atoms with E-state index < -0.39 is 11.7 Å². The topological polar surface area (TPSA) is 17.1 Å². The zero-order valence-electron chi connectivity index (χ0n) is 8.94. The molecule has 0 aliphatic rings. The summed E-state index contributed by atoms with van der Waals surface area (Å²) in [5, 5.41) is 0.0615. The van der Waals surface area contributed by atoms with Crippen LogP contribution in [0.5, 0.6) is 0 Å². The van der Waals surface area contributed by atoms with Crippen LogP contribution in [0, 0.1) is 5.82 Å². The van der Waals surface area contributed by atoms with E-state index in [0.29, 0.717) is 5.56 Å². The molecule has 1 unspecified atom stereocenters. The fourth-order valence-corrected chi connectivity index (χ4v) is 1.83. The fraction of sp³-hybridized carbons (Fsp3) is 0.0714. The summed E-state index contributed by atoms with van der Waals surface area (Å²) < 4.78 is 13.3. The van der Waals surface area contributed by atoms with Crippen LogP contribution in [0.4, 0.5) is 4.39 Å². The van der Waals surface area contributed by atoms with E-state index >= 15 is 0 Å². The van der Waals surface area contributed by atoms with Gasteiger partial charge >= 0.3 is 0 Å². The number of rotatable bonds is 3. The first kappa shape index (κ1) is 11.8. The number of aldehydes is 1. The van der Waals surface area contributed by atoms with Gasteiger partial charge in [-0.3, -0.25) is 0 Å². The van der Waals surface area contributed by atoms with E-state index in [1.54, 1.807) is 6.07 Å². The minimum absolute atomic E-state index is 0.0615. The molecule has 0 bridgehead atoms. The van der Waals surface area contributed by atoms with E-state index in [-0.39, 0.29) is 5.02 Å². The number of carbonyl (C=O) groups is 1. The molecule has 0 aromatic heterocycles. The zero-order chi connectivity index (χ0) is 12.3. The predicted molar refractivity (Wildman–Crippen MR) is 65.8 cm³/mol. The third-order valence-corrected chi connectivity index (χ3v) is 2.90. The lowest BCUT2D eigenvalue weighted by atomic mass is 9.93. The van der Waals surface area contributed by atoms with Gasteiger partial charge in [0.2, 0.25) is 0 Å². The van der Waals surface area contributed by atoms with Crippen molar-refractivity contribution in [1.82, 2.24) is 0 Å². The molecular formula is C14H10ClFO. The van der Waals surface area contributed by atoms with Gasteiger partial charge in [-0.2, -0.15) is 0 Å². The highest BCUT2D eigenvalue weighted by molar-refractivity contribution is 6.30. The van der Waals surface area contributed by atoms with Crippen LogP contribution in [0.2, 0.25) is 5.02 Å². The number of hydrogen-bond acceptors (Lipinski definition) is 1. The third-order valence-electron chi connectivity index (χ3n) is 2.60. The largest absolute Gasteiger partial charge is 0.302 e. The van der Waals surface area contributed by atoms with E-state index in [4.69, 9.17) is 11.6 Å². The normalized spacial score (nSPS) is 12.1. The first-order chi connectivity index (χ1) is 8.22. The number of halogens is 2. The SMILES string of the molecule is O=CC(c1ccccc1)c1ccc(Cl)c(F)c1. The van der Waals surface area contributed by atoms with Crippen molar-refractivity contribution < 1.29 is 9.18 Å². The summed E-state index contributed by atoms with van der Waals surface area (Å²) in [6, 6.07) is 13.7. The quantitative estimate of drug-likeness (QED) is 0.755. The standard InChI is InChI=1S/C14H10ClFO/c15-13-7-6-11(8-14(13)16)12(9-17)10-4-2-1-3-5-10/h1-9,12H. The molecule has 0 saturated heterocycles. The summed E-state index contributed by atoms with van der Waals surface area (Å²) in [6.45, 7) is 0.